The largest absolute Gasteiger partial charge is 0.472 e. The minimum absolute atomic E-state index is 0.128. The number of benzene rings is 1. The third-order valence-electron chi connectivity index (χ3n) is 3.94. The number of anilines is 1. The second kappa shape index (κ2) is 6.94. The first-order valence-electron chi connectivity index (χ1n) is 7.60. The van der Waals surface area contributed by atoms with Crippen LogP contribution in [0, 0.1) is 0 Å². The van der Waals surface area contributed by atoms with Crippen molar-refractivity contribution in [2.45, 2.75) is 18.8 Å². The molecule has 2 heterocycles. The molecule has 2 aromatic rings. The fourth-order valence-corrected chi connectivity index (χ4v) is 4.00. The summed E-state index contributed by atoms with van der Waals surface area (Å²) in [4.78, 5) is 10.5. The lowest BCUT2D eigenvalue weighted by Crippen LogP contribution is -2.45. The number of hydrogen-bond acceptors (Lipinski definition) is 6. The van der Waals surface area contributed by atoms with Gasteiger partial charge < -0.3 is 9.64 Å². The van der Waals surface area contributed by atoms with Crippen molar-refractivity contribution >= 4 is 27.3 Å². The third kappa shape index (κ3) is 3.96. The van der Waals surface area contributed by atoms with Crippen molar-refractivity contribution in [3.8, 4) is 5.88 Å². The highest BCUT2D eigenvalue weighted by molar-refractivity contribution is 7.92. The number of rotatable bonds is 4. The van der Waals surface area contributed by atoms with Gasteiger partial charge in [0, 0.05) is 18.1 Å². The molecule has 0 amide bonds. The molecule has 24 heavy (non-hydrogen) atoms. The van der Waals surface area contributed by atoms with Crippen LogP contribution in [0.5, 0.6) is 5.88 Å². The van der Waals surface area contributed by atoms with E-state index in [1.54, 1.807) is 19.2 Å². The molecular weight excluding hydrogens is 350 g/mol. The molecule has 6 nitrogen and oxygen atoms in total. The Balaban J connectivity index is 1.68. The van der Waals surface area contributed by atoms with E-state index in [4.69, 9.17) is 16.3 Å². The second-order valence-corrected chi connectivity index (χ2v) is 8.73. The van der Waals surface area contributed by atoms with Gasteiger partial charge in [0.05, 0.1) is 23.4 Å². The molecule has 8 heteroatoms. The van der Waals surface area contributed by atoms with Crippen molar-refractivity contribution in [2.75, 3.05) is 23.7 Å². The molecule has 1 atom stereocenters. The Morgan fingerprint density at radius 2 is 2.21 bits per heavy atom. The molecule has 0 spiro atoms. The minimum Gasteiger partial charge on any atom is -0.472 e. The fraction of sp³-hybridized carbons (Fsp3) is 0.375. The Labute approximate surface area is 146 Å². The van der Waals surface area contributed by atoms with Gasteiger partial charge in [0.2, 0.25) is 5.88 Å². The van der Waals surface area contributed by atoms with E-state index in [2.05, 4.69) is 9.97 Å². The van der Waals surface area contributed by atoms with E-state index in [1.807, 2.05) is 23.1 Å². The van der Waals surface area contributed by atoms with Gasteiger partial charge in [-0.15, -0.1) is 0 Å². The number of hydrogen-bond donors (Lipinski definition) is 0. The zero-order valence-electron chi connectivity index (χ0n) is 13.2. The summed E-state index contributed by atoms with van der Waals surface area (Å²) in [6.45, 7) is 2.88. The average molecular weight is 368 g/mol. The molecule has 0 radical (unpaired) electrons. The maximum Gasteiger partial charge on any atom is 0.234 e. The monoisotopic (exact) mass is 367 g/mol. The first kappa shape index (κ1) is 17.0. The van der Waals surface area contributed by atoms with Crippen molar-refractivity contribution < 1.29 is 13.2 Å². The number of ether oxygens (including phenoxy) is 1. The molecule has 0 bridgehead atoms. The Bertz CT molecular complexity index is 829. The third-order valence-corrected chi connectivity index (χ3v) is 6.30. The van der Waals surface area contributed by atoms with Gasteiger partial charge in [0.25, 0.3) is 0 Å². The predicted molar refractivity (Wildman–Crippen MR) is 93.3 cm³/mol. The lowest BCUT2D eigenvalue weighted by Gasteiger charge is -2.31. The first-order valence-corrected chi connectivity index (χ1v) is 9.69. The predicted octanol–water partition coefficient (Wildman–Crippen LogP) is 2.33. The lowest BCUT2D eigenvalue weighted by atomic mass is 10.2. The zero-order chi connectivity index (χ0) is 17.2. The molecule has 3 rings (SSSR count). The number of aromatic nitrogens is 2. The lowest BCUT2D eigenvalue weighted by molar-refractivity contribution is 0.292. The molecule has 128 valence electrons. The number of halogens is 1. The van der Waals surface area contributed by atoms with Gasteiger partial charge in [-0.2, -0.15) is 4.98 Å². The van der Waals surface area contributed by atoms with Crippen molar-refractivity contribution in [3.05, 3.63) is 47.2 Å². The maximum atomic E-state index is 11.8. The van der Waals surface area contributed by atoms with Crippen LogP contribution in [0.4, 0.5) is 5.82 Å². The maximum absolute atomic E-state index is 11.8. The van der Waals surface area contributed by atoms with Gasteiger partial charge in [-0.25, -0.2) is 8.42 Å². The van der Waals surface area contributed by atoms with Gasteiger partial charge in [0.15, 0.2) is 15.7 Å². The average Bonchev–Trinajstić information content (AvgIpc) is 2.56. The summed E-state index contributed by atoms with van der Waals surface area (Å²) in [5.74, 6) is 1.15. The molecule has 1 fully saturated rings. The quantitative estimate of drug-likeness (QED) is 0.825. The van der Waals surface area contributed by atoms with Crippen molar-refractivity contribution in [1.82, 2.24) is 9.97 Å². The molecule has 1 saturated heterocycles. The summed E-state index contributed by atoms with van der Waals surface area (Å²) in [5, 5.41) is 0.239. The van der Waals surface area contributed by atoms with Gasteiger partial charge in [-0.1, -0.05) is 23.7 Å². The van der Waals surface area contributed by atoms with Crippen LogP contribution in [-0.4, -0.2) is 42.5 Å². The number of sulfone groups is 1. The topological polar surface area (TPSA) is 72.4 Å². The van der Waals surface area contributed by atoms with Crippen LogP contribution in [0.3, 0.4) is 0 Å². The molecule has 0 aliphatic carbocycles. The fourth-order valence-electron chi connectivity index (χ4n) is 2.51. The molecule has 1 unspecified atom stereocenters. The van der Waals surface area contributed by atoms with Crippen molar-refractivity contribution in [3.63, 3.8) is 0 Å². The van der Waals surface area contributed by atoms with Crippen LogP contribution in [0.15, 0.2) is 36.7 Å². The van der Waals surface area contributed by atoms with Crippen molar-refractivity contribution in [1.29, 1.82) is 0 Å². The smallest absolute Gasteiger partial charge is 0.234 e. The van der Waals surface area contributed by atoms with Gasteiger partial charge in [-0.05, 0) is 24.6 Å². The summed E-state index contributed by atoms with van der Waals surface area (Å²) in [6, 6.07) is 7.41. The molecule has 1 aromatic carbocycles. The van der Waals surface area contributed by atoms with Crippen LogP contribution >= 0.6 is 11.6 Å². The van der Waals surface area contributed by atoms with Gasteiger partial charge in [-0.3, -0.25) is 4.98 Å². The summed E-state index contributed by atoms with van der Waals surface area (Å²) < 4.78 is 29.3. The van der Waals surface area contributed by atoms with E-state index >= 15 is 0 Å². The minimum atomic E-state index is -3.00. The first-order chi connectivity index (χ1) is 11.4. The number of nitrogens with zero attached hydrogens (tertiary/aromatic N) is 3. The highest BCUT2D eigenvalue weighted by Gasteiger charge is 2.30. The summed E-state index contributed by atoms with van der Waals surface area (Å²) in [5.41, 5.74) is 0.937. The van der Waals surface area contributed by atoms with E-state index in [-0.39, 0.29) is 5.75 Å². The van der Waals surface area contributed by atoms with E-state index in [9.17, 15) is 8.42 Å². The zero-order valence-corrected chi connectivity index (χ0v) is 14.8. The molecule has 1 aliphatic heterocycles. The normalized spacial score (nSPS) is 19.9. The summed E-state index contributed by atoms with van der Waals surface area (Å²) >= 11 is 5.95. The SMILES string of the molecule is CC1CN(c2cncc(OCc3cccc(Cl)c3)n2)CCS1(=O)=O. The Morgan fingerprint density at radius 3 is 2.96 bits per heavy atom. The highest BCUT2D eigenvalue weighted by atomic mass is 35.5. The molecular formula is C16H18ClN3O3S. The molecule has 1 aliphatic rings. The van der Waals surface area contributed by atoms with E-state index in [0.717, 1.165) is 5.56 Å². The Kier molecular flexibility index (Phi) is 4.91. The Hall–Kier alpha value is -1.86. The standard InChI is InChI=1S/C16H18ClN3O3S/c1-12-10-20(5-6-24(12,21)22)15-8-18-9-16(19-15)23-11-13-3-2-4-14(17)7-13/h2-4,7-9,12H,5-6,10-11H2,1H3. The summed E-state index contributed by atoms with van der Waals surface area (Å²) in [7, 11) is -3.00. The Morgan fingerprint density at radius 1 is 1.38 bits per heavy atom. The second-order valence-electron chi connectivity index (χ2n) is 5.76. The van der Waals surface area contributed by atoms with Crippen LogP contribution in [0.25, 0.3) is 0 Å². The van der Waals surface area contributed by atoms with E-state index in [0.29, 0.717) is 36.4 Å². The van der Waals surface area contributed by atoms with Gasteiger partial charge >= 0.3 is 0 Å². The van der Waals surface area contributed by atoms with E-state index < -0.39 is 15.1 Å². The van der Waals surface area contributed by atoms with Crippen LogP contribution in [0.1, 0.15) is 12.5 Å². The highest BCUT2D eigenvalue weighted by Crippen LogP contribution is 2.20. The van der Waals surface area contributed by atoms with Crippen LogP contribution in [-0.2, 0) is 16.4 Å². The molecule has 1 aromatic heterocycles. The summed E-state index contributed by atoms with van der Waals surface area (Å²) in [6.07, 6.45) is 3.16. The van der Waals surface area contributed by atoms with Crippen LogP contribution < -0.4 is 9.64 Å². The van der Waals surface area contributed by atoms with Crippen LogP contribution in [0.2, 0.25) is 5.02 Å². The van der Waals surface area contributed by atoms with Gasteiger partial charge in [0.1, 0.15) is 6.61 Å². The molecule has 0 saturated carbocycles. The molecule has 0 N–H and O–H groups in total. The van der Waals surface area contributed by atoms with Crippen molar-refractivity contribution in [2.24, 2.45) is 0 Å². The van der Waals surface area contributed by atoms with E-state index in [1.165, 1.54) is 6.20 Å².